The van der Waals surface area contributed by atoms with E-state index in [4.69, 9.17) is 4.74 Å². The normalized spacial score (nSPS) is 11.6. The zero-order valence-electron chi connectivity index (χ0n) is 17.0. The van der Waals surface area contributed by atoms with Gasteiger partial charge in [0.2, 0.25) is 10.0 Å². The van der Waals surface area contributed by atoms with Crippen molar-refractivity contribution < 1.29 is 17.9 Å². The van der Waals surface area contributed by atoms with Crippen molar-refractivity contribution in [2.45, 2.75) is 25.7 Å². The van der Waals surface area contributed by atoms with Crippen molar-refractivity contribution in [3.8, 4) is 16.3 Å². The van der Waals surface area contributed by atoms with E-state index in [1.807, 2.05) is 17.5 Å². The summed E-state index contributed by atoms with van der Waals surface area (Å²) in [5, 5.41) is 11.6. The summed E-state index contributed by atoms with van der Waals surface area (Å²) in [7, 11) is -3.77. The molecule has 8 nitrogen and oxygen atoms in total. The molecule has 0 saturated carbocycles. The molecule has 2 aromatic heterocycles. The summed E-state index contributed by atoms with van der Waals surface area (Å²) in [5.74, 6) is -0.188. The highest BCUT2D eigenvalue weighted by Gasteiger charge is 2.26. The van der Waals surface area contributed by atoms with Crippen LogP contribution in [-0.4, -0.2) is 48.5 Å². The zero-order valence-corrected chi connectivity index (χ0v) is 18.6. The van der Waals surface area contributed by atoms with Gasteiger partial charge in [-0.1, -0.05) is 19.9 Å². The van der Waals surface area contributed by atoms with Crippen LogP contribution in [0.3, 0.4) is 0 Å². The molecule has 0 aliphatic heterocycles. The maximum atomic E-state index is 13.0. The standard InChI is InChI=1S/C20H24N4O4S2/c1-4-24(5-2)30(26,27)19-12-14(9-10-17(19)28-6-3)21-20(25)16-13-15(22-23-16)18-8-7-11-29-18/h7-13H,4-6H2,1-3H3,(H,21,25)(H,22,23). The van der Waals surface area contributed by atoms with Gasteiger partial charge in [-0.05, 0) is 42.6 Å². The molecule has 0 unspecified atom stereocenters. The molecule has 10 heteroatoms. The lowest BCUT2D eigenvalue weighted by molar-refractivity contribution is 0.102. The molecular weight excluding hydrogens is 424 g/mol. The Morgan fingerprint density at radius 1 is 1.20 bits per heavy atom. The van der Waals surface area contributed by atoms with E-state index in [0.717, 1.165) is 10.6 Å². The molecule has 1 amide bonds. The topological polar surface area (TPSA) is 104 Å². The third kappa shape index (κ3) is 4.55. The molecule has 0 saturated heterocycles. The van der Waals surface area contributed by atoms with Crippen LogP contribution in [0.4, 0.5) is 5.69 Å². The van der Waals surface area contributed by atoms with Crippen LogP contribution >= 0.6 is 11.3 Å². The van der Waals surface area contributed by atoms with Gasteiger partial charge in [0.15, 0.2) is 5.69 Å². The first-order valence-electron chi connectivity index (χ1n) is 9.58. The van der Waals surface area contributed by atoms with E-state index in [1.54, 1.807) is 39.0 Å². The van der Waals surface area contributed by atoms with E-state index in [-0.39, 0.29) is 16.3 Å². The number of rotatable bonds is 9. The molecule has 2 N–H and O–H groups in total. The lowest BCUT2D eigenvalue weighted by atomic mass is 10.2. The summed E-state index contributed by atoms with van der Waals surface area (Å²) in [4.78, 5) is 13.6. The van der Waals surface area contributed by atoms with Gasteiger partial charge in [-0.2, -0.15) is 9.40 Å². The van der Waals surface area contributed by atoms with Crippen LogP contribution in [0.15, 0.2) is 46.7 Å². The maximum Gasteiger partial charge on any atom is 0.276 e. The maximum absolute atomic E-state index is 13.0. The number of H-pyrrole nitrogens is 1. The van der Waals surface area contributed by atoms with Gasteiger partial charge in [0.05, 0.1) is 17.2 Å². The number of nitrogens with zero attached hydrogens (tertiary/aromatic N) is 2. The summed E-state index contributed by atoms with van der Waals surface area (Å²) < 4.78 is 33.0. The number of sulfonamides is 1. The van der Waals surface area contributed by atoms with E-state index in [1.165, 1.54) is 21.7 Å². The average Bonchev–Trinajstić information content (AvgIpc) is 3.42. The summed E-state index contributed by atoms with van der Waals surface area (Å²) >= 11 is 1.53. The number of amides is 1. The van der Waals surface area contributed by atoms with Crippen LogP contribution in [0, 0.1) is 0 Å². The quantitative estimate of drug-likeness (QED) is 0.518. The van der Waals surface area contributed by atoms with Gasteiger partial charge in [0, 0.05) is 18.8 Å². The first-order valence-corrected chi connectivity index (χ1v) is 11.9. The molecule has 3 aromatic rings. The van der Waals surface area contributed by atoms with Gasteiger partial charge < -0.3 is 10.1 Å². The van der Waals surface area contributed by atoms with E-state index >= 15 is 0 Å². The SMILES string of the molecule is CCOc1ccc(NC(=O)c2cc(-c3cccs3)[nH]n2)cc1S(=O)(=O)N(CC)CC. The third-order valence-corrected chi connectivity index (χ3v) is 7.40. The molecule has 0 spiro atoms. The first-order chi connectivity index (χ1) is 14.4. The number of nitrogens with one attached hydrogen (secondary N) is 2. The number of aromatic amines is 1. The number of benzene rings is 1. The highest BCUT2D eigenvalue weighted by atomic mass is 32.2. The van der Waals surface area contributed by atoms with Crippen molar-refractivity contribution in [1.29, 1.82) is 0 Å². The van der Waals surface area contributed by atoms with Gasteiger partial charge in [0.25, 0.3) is 5.91 Å². The van der Waals surface area contributed by atoms with Crippen molar-refractivity contribution >= 4 is 33.0 Å². The van der Waals surface area contributed by atoms with E-state index < -0.39 is 15.9 Å². The molecule has 0 radical (unpaired) electrons. The predicted octanol–water partition coefficient (Wildman–Crippen LogP) is 3.82. The fraction of sp³-hybridized carbons (Fsp3) is 0.300. The molecule has 0 aliphatic carbocycles. The number of carbonyl (C=O) groups excluding carboxylic acids is 1. The number of ether oxygens (including phenoxy) is 1. The average molecular weight is 449 g/mol. The third-order valence-electron chi connectivity index (χ3n) is 4.42. The highest BCUT2D eigenvalue weighted by molar-refractivity contribution is 7.89. The van der Waals surface area contributed by atoms with Crippen molar-refractivity contribution in [3.05, 3.63) is 47.5 Å². The molecule has 160 valence electrons. The Labute approximate surface area is 179 Å². The lowest BCUT2D eigenvalue weighted by Crippen LogP contribution is -2.31. The van der Waals surface area contributed by atoms with Crippen molar-refractivity contribution in [3.63, 3.8) is 0 Å². The van der Waals surface area contributed by atoms with Crippen LogP contribution in [0.5, 0.6) is 5.75 Å². The molecular formula is C20H24N4O4S2. The fourth-order valence-electron chi connectivity index (χ4n) is 2.96. The number of aromatic nitrogens is 2. The number of carbonyl (C=O) groups is 1. The monoisotopic (exact) mass is 448 g/mol. The van der Waals surface area contributed by atoms with Gasteiger partial charge in [0.1, 0.15) is 10.6 Å². The largest absolute Gasteiger partial charge is 0.492 e. The number of anilines is 1. The molecule has 0 bridgehead atoms. The zero-order chi connectivity index (χ0) is 21.7. The minimum atomic E-state index is -3.77. The Morgan fingerprint density at radius 2 is 1.97 bits per heavy atom. The Hall–Kier alpha value is -2.69. The summed E-state index contributed by atoms with van der Waals surface area (Å²) in [6.07, 6.45) is 0. The van der Waals surface area contributed by atoms with Gasteiger partial charge in [-0.15, -0.1) is 11.3 Å². The highest BCUT2D eigenvalue weighted by Crippen LogP contribution is 2.30. The van der Waals surface area contributed by atoms with E-state index in [0.29, 0.717) is 25.4 Å². The van der Waals surface area contributed by atoms with Gasteiger partial charge >= 0.3 is 0 Å². The fourth-order valence-corrected chi connectivity index (χ4v) is 5.26. The van der Waals surface area contributed by atoms with Crippen LogP contribution in [0.2, 0.25) is 0 Å². The van der Waals surface area contributed by atoms with E-state index in [2.05, 4.69) is 15.5 Å². The summed E-state index contributed by atoms with van der Waals surface area (Å²) in [5.41, 5.74) is 1.29. The Bertz CT molecular complexity index is 1100. The lowest BCUT2D eigenvalue weighted by Gasteiger charge is -2.21. The van der Waals surface area contributed by atoms with Gasteiger partial charge in [-0.25, -0.2) is 8.42 Å². The number of hydrogen-bond acceptors (Lipinski definition) is 6. The van der Waals surface area contributed by atoms with Crippen molar-refractivity contribution in [1.82, 2.24) is 14.5 Å². The second-order valence-electron chi connectivity index (χ2n) is 6.28. The smallest absolute Gasteiger partial charge is 0.276 e. The molecule has 2 heterocycles. The Morgan fingerprint density at radius 3 is 2.60 bits per heavy atom. The Balaban J connectivity index is 1.89. The van der Waals surface area contributed by atoms with Crippen molar-refractivity contribution in [2.75, 3.05) is 25.0 Å². The molecule has 1 aromatic carbocycles. The molecule has 0 aliphatic rings. The molecule has 30 heavy (non-hydrogen) atoms. The predicted molar refractivity (Wildman–Crippen MR) is 118 cm³/mol. The Kier molecular flexibility index (Phi) is 6.91. The minimum absolute atomic E-state index is 0.0205. The molecule has 0 atom stereocenters. The van der Waals surface area contributed by atoms with Gasteiger partial charge in [-0.3, -0.25) is 9.89 Å². The second kappa shape index (κ2) is 9.41. The molecule has 0 fully saturated rings. The number of thiophene rings is 1. The van der Waals surface area contributed by atoms with Crippen LogP contribution in [0.25, 0.3) is 10.6 Å². The summed E-state index contributed by atoms with van der Waals surface area (Å²) in [6.45, 7) is 6.32. The first kappa shape index (κ1) is 22.0. The summed E-state index contributed by atoms with van der Waals surface area (Å²) in [6, 6.07) is 10.1. The van der Waals surface area contributed by atoms with Crippen molar-refractivity contribution in [2.24, 2.45) is 0 Å². The van der Waals surface area contributed by atoms with Crippen LogP contribution < -0.4 is 10.1 Å². The van der Waals surface area contributed by atoms with E-state index in [9.17, 15) is 13.2 Å². The molecule has 3 rings (SSSR count). The second-order valence-corrected chi connectivity index (χ2v) is 9.14. The number of hydrogen-bond donors (Lipinski definition) is 2. The minimum Gasteiger partial charge on any atom is -0.492 e. The van der Waals surface area contributed by atoms with Crippen LogP contribution in [0.1, 0.15) is 31.3 Å². The van der Waals surface area contributed by atoms with Crippen LogP contribution in [-0.2, 0) is 10.0 Å².